The molecule has 5 rings (SSSR count). The third-order valence-corrected chi connectivity index (χ3v) is 7.54. The molecule has 1 saturated carbocycles. The minimum absolute atomic E-state index is 0.0581. The molecular formula is C29H34N2O7. The molecule has 1 fully saturated rings. The number of aliphatic hydroxyl groups is 3. The SMILES string of the molecule is COc1cc(CO)cc2c1O[C@@H]1[C@@H](O)[C@H](N(Cc3ccc(C)cc3)C(=O)C3CC3)C=C(C(=O)NCCO)[C@H]21. The van der Waals surface area contributed by atoms with Crippen molar-refractivity contribution in [2.75, 3.05) is 20.3 Å². The fraction of sp³-hybridized carbons (Fsp3) is 0.448. The molecule has 4 N–H and O–H groups in total. The average Bonchev–Trinajstić information content (AvgIpc) is 3.71. The van der Waals surface area contributed by atoms with Gasteiger partial charge in [0.1, 0.15) is 12.2 Å². The molecule has 1 aliphatic heterocycles. The number of nitrogens with zero attached hydrogens (tertiary/aromatic N) is 1. The zero-order valence-electron chi connectivity index (χ0n) is 21.6. The predicted molar refractivity (Wildman–Crippen MR) is 139 cm³/mol. The Hall–Kier alpha value is -3.40. The van der Waals surface area contributed by atoms with Gasteiger partial charge in [0.2, 0.25) is 11.8 Å². The number of methoxy groups -OCH3 is 1. The fourth-order valence-electron chi connectivity index (χ4n) is 5.40. The Morgan fingerprint density at radius 1 is 1.13 bits per heavy atom. The van der Waals surface area contributed by atoms with Crippen molar-refractivity contribution in [2.45, 2.75) is 57.1 Å². The van der Waals surface area contributed by atoms with E-state index in [1.165, 1.54) is 7.11 Å². The smallest absolute Gasteiger partial charge is 0.247 e. The van der Waals surface area contributed by atoms with Crippen molar-refractivity contribution in [2.24, 2.45) is 5.92 Å². The Kier molecular flexibility index (Phi) is 7.43. The van der Waals surface area contributed by atoms with E-state index < -0.39 is 30.1 Å². The van der Waals surface area contributed by atoms with Gasteiger partial charge in [-0.15, -0.1) is 0 Å². The van der Waals surface area contributed by atoms with Crippen LogP contribution in [0.5, 0.6) is 11.5 Å². The minimum atomic E-state index is -1.13. The van der Waals surface area contributed by atoms with E-state index in [4.69, 9.17) is 9.47 Å². The Morgan fingerprint density at radius 2 is 1.87 bits per heavy atom. The molecule has 1 heterocycles. The van der Waals surface area contributed by atoms with Gasteiger partial charge >= 0.3 is 0 Å². The van der Waals surface area contributed by atoms with Crippen molar-refractivity contribution in [3.05, 3.63) is 70.3 Å². The first kappa shape index (κ1) is 26.2. The number of hydrogen-bond donors (Lipinski definition) is 4. The molecule has 0 saturated heterocycles. The predicted octanol–water partition coefficient (Wildman–Crippen LogP) is 1.56. The monoisotopic (exact) mass is 522 g/mol. The van der Waals surface area contributed by atoms with Gasteiger partial charge < -0.3 is 35.0 Å². The third-order valence-electron chi connectivity index (χ3n) is 7.54. The van der Waals surface area contributed by atoms with Crippen LogP contribution in [-0.2, 0) is 22.7 Å². The second kappa shape index (κ2) is 10.8. The zero-order chi connectivity index (χ0) is 27.0. The minimum Gasteiger partial charge on any atom is -0.493 e. The largest absolute Gasteiger partial charge is 0.493 e. The number of carbonyl (C=O) groups is 2. The van der Waals surface area contributed by atoms with Gasteiger partial charge in [0.25, 0.3) is 0 Å². The van der Waals surface area contributed by atoms with Crippen molar-refractivity contribution < 1.29 is 34.4 Å². The van der Waals surface area contributed by atoms with Crippen LogP contribution in [0.25, 0.3) is 0 Å². The van der Waals surface area contributed by atoms with Gasteiger partial charge in [0.15, 0.2) is 11.5 Å². The Labute approximate surface area is 221 Å². The van der Waals surface area contributed by atoms with Crippen LogP contribution in [0, 0.1) is 12.8 Å². The number of benzene rings is 2. The second-order valence-electron chi connectivity index (χ2n) is 10.2. The van der Waals surface area contributed by atoms with Gasteiger partial charge in [-0.2, -0.15) is 0 Å². The van der Waals surface area contributed by atoms with E-state index in [1.807, 2.05) is 31.2 Å². The topological polar surface area (TPSA) is 129 Å². The van der Waals surface area contributed by atoms with Crippen LogP contribution in [0.1, 0.15) is 41.0 Å². The summed E-state index contributed by atoms with van der Waals surface area (Å²) in [6, 6.07) is 10.5. The molecule has 38 heavy (non-hydrogen) atoms. The highest BCUT2D eigenvalue weighted by Crippen LogP contribution is 2.51. The lowest BCUT2D eigenvalue weighted by atomic mass is 9.77. The number of ether oxygens (including phenoxy) is 2. The van der Waals surface area contributed by atoms with Crippen LogP contribution in [0.3, 0.4) is 0 Å². The summed E-state index contributed by atoms with van der Waals surface area (Å²) in [7, 11) is 1.49. The third kappa shape index (κ3) is 4.89. The van der Waals surface area contributed by atoms with Gasteiger partial charge in [0, 0.05) is 30.1 Å². The summed E-state index contributed by atoms with van der Waals surface area (Å²) >= 11 is 0. The van der Waals surface area contributed by atoms with E-state index in [1.54, 1.807) is 23.1 Å². The highest BCUT2D eigenvalue weighted by atomic mass is 16.5. The number of rotatable bonds is 9. The highest BCUT2D eigenvalue weighted by Gasteiger charge is 2.52. The number of hydrogen-bond acceptors (Lipinski definition) is 7. The second-order valence-corrected chi connectivity index (χ2v) is 10.2. The lowest BCUT2D eigenvalue weighted by Gasteiger charge is -2.41. The first-order valence-electron chi connectivity index (χ1n) is 13.0. The first-order valence-corrected chi connectivity index (χ1v) is 13.0. The van der Waals surface area contributed by atoms with Crippen LogP contribution in [0.2, 0.25) is 0 Å². The number of aliphatic hydroxyl groups excluding tert-OH is 3. The number of nitrogens with one attached hydrogen (secondary N) is 1. The maximum atomic E-state index is 13.5. The molecule has 0 bridgehead atoms. The number of carbonyl (C=O) groups excluding carboxylic acids is 2. The van der Waals surface area contributed by atoms with E-state index in [9.17, 15) is 24.9 Å². The molecule has 2 aromatic carbocycles. The summed E-state index contributed by atoms with van der Waals surface area (Å²) in [4.78, 5) is 28.6. The Balaban J connectivity index is 1.58. The van der Waals surface area contributed by atoms with E-state index in [-0.39, 0.29) is 38.1 Å². The summed E-state index contributed by atoms with van der Waals surface area (Å²) in [6.45, 7) is 1.87. The molecule has 0 radical (unpaired) electrons. The molecule has 2 aromatic rings. The zero-order valence-corrected chi connectivity index (χ0v) is 21.6. The van der Waals surface area contributed by atoms with Gasteiger partial charge in [-0.25, -0.2) is 0 Å². The maximum Gasteiger partial charge on any atom is 0.247 e. The van der Waals surface area contributed by atoms with Crippen molar-refractivity contribution in [3.63, 3.8) is 0 Å². The van der Waals surface area contributed by atoms with Gasteiger partial charge in [-0.05, 0) is 49.1 Å². The summed E-state index contributed by atoms with van der Waals surface area (Å²) in [5, 5.41) is 33.5. The maximum absolute atomic E-state index is 13.5. The van der Waals surface area contributed by atoms with Crippen LogP contribution in [-0.4, -0.2) is 70.5 Å². The van der Waals surface area contributed by atoms with Gasteiger partial charge in [-0.3, -0.25) is 9.59 Å². The molecule has 0 aromatic heterocycles. The molecule has 3 aliphatic rings. The number of amides is 2. The number of aryl methyl sites for hydroxylation is 1. The highest BCUT2D eigenvalue weighted by molar-refractivity contribution is 5.96. The Morgan fingerprint density at radius 3 is 2.50 bits per heavy atom. The summed E-state index contributed by atoms with van der Waals surface area (Å²) in [5.41, 5.74) is 3.57. The average molecular weight is 523 g/mol. The van der Waals surface area contributed by atoms with Gasteiger partial charge in [-0.1, -0.05) is 29.8 Å². The van der Waals surface area contributed by atoms with E-state index in [0.717, 1.165) is 24.0 Å². The van der Waals surface area contributed by atoms with Crippen molar-refractivity contribution >= 4 is 11.8 Å². The number of fused-ring (bicyclic) bond motifs is 3. The lowest BCUT2D eigenvalue weighted by molar-refractivity contribution is -0.139. The molecule has 0 spiro atoms. The molecule has 2 amide bonds. The molecular weight excluding hydrogens is 488 g/mol. The molecule has 0 unspecified atom stereocenters. The summed E-state index contributed by atoms with van der Waals surface area (Å²) in [5.74, 6) is -0.420. The van der Waals surface area contributed by atoms with Crippen LogP contribution in [0.15, 0.2) is 48.0 Å². The van der Waals surface area contributed by atoms with E-state index in [2.05, 4.69) is 5.32 Å². The Bertz CT molecular complexity index is 1240. The quantitative estimate of drug-likeness (QED) is 0.393. The van der Waals surface area contributed by atoms with Crippen molar-refractivity contribution in [1.29, 1.82) is 0 Å². The van der Waals surface area contributed by atoms with Crippen molar-refractivity contribution in [3.8, 4) is 11.5 Å². The molecule has 202 valence electrons. The molecule has 9 nitrogen and oxygen atoms in total. The molecule has 2 aliphatic carbocycles. The van der Waals surface area contributed by atoms with Crippen LogP contribution >= 0.6 is 0 Å². The van der Waals surface area contributed by atoms with Crippen molar-refractivity contribution in [1.82, 2.24) is 10.2 Å². The van der Waals surface area contributed by atoms with E-state index in [0.29, 0.717) is 28.2 Å². The normalized spacial score (nSPS) is 23.6. The molecule has 4 atom stereocenters. The lowest BCUT2D eigenvalue weighted by Crippen LogP contribution is -2.55. The first-order chi connectivity index (χ1) is 18.4. The molecule has 9 heteroatoms. The van der Waals surface area contributed by atoms with Crippen LogP contribution < -0.4 is 14.8 Å². The van der Waals surface area contributed by atoms with Gasteiger partial charge in [0.05, 0.1) is 32.3 Å². The summed E-state index contributed by atoms with van der Waals surface area (Å²) in [6.07, 6.45) is 1.29. The van der Waals surface area contributed by atoms with E-state index >= 15 is 0 Å². The fourth-order valence-corrected chi connectivity index (χ4v) is 5.40. The standard InChI is InChI=1S/C29H34N2O7/c1-16-3-5-17(6-4-16)14-31(29(36)19-7-8-19)22-13-21(28(35)30-9-10-32)24-20-11-18(15-33)12-23(37-2)26(20)38-27(24)25(22)34/h3-6,11-13,19,22,24-25,27,32-34H,7-10,14-15H2,1-2H3,(H,30,35)/t22-,24+,25+,27+/m1/s1. The van der Waals surface area contributed by atoms with Crippen LogP contribution in [0.4, 0.5) is 0 Å². The summed E-state index contributed by atoms with van der Waals surface area (Å²) < 4.78 is 11.8.